The van der Waals surface area contributed by atoms with Gasteiger partial charge in [-0.25, -0.2) is 14.5 Å². The summed E-state index contributed by atoms with van der Waals surface area (Å²) >= 11 is 0. The number of rotatable bonds is 6. The Morgan fingerprint density at radius 2 is 1.74 bits per heavy atom. The van der Waals surface area contributed by atoms with E-state index in [1.807, 2.05) is 60.7 Å². The van der Waals surface area contributed by atoms with Crippen molar-refractivity contribution < 1.29 is 14.3 Å². The monoisotopic (exact) mass is 513 g/mol. The summed E-state index contributed by atoms with van der Waals surface area (Å²) in [5.41, 5.74) is 4.59. The Balaban J connectivity index is 1.33. The van der Waals surface area contributed by atoms with Gasteiger partial charge < -0.3 is 14.3 Å². The summed E-state index contributed by atoms with van der Waals surface area (Å²) < 4.78 is 13.5. The summed E-state index contributed by atoms with van der Waals surface area (Å²) in [6.45, 7) is 0.118. The minimum absolute atomic E-state index is 0.118. The van der Waals surface area contributed by atoms with E-state index in [1.165, 1.54) is 0 Å². The van der Waals surface area contributed by atoms with Gasteiger partial charge in [-0.2, -0.15) is 0 Å². The molecule has 39 heavy (non-hydrogen) atoms. The Morgan fingerprint density at radius 3 is 2.59 bits per heavy atom. The van der Waals surface area contributed by atoms with Crippen molar-refractivity contribution in [3.8, 4) is 17.4 Å². The SMILES string of the molecule is COc1ccc([C@@H]2c3c(ccc4ccccc34)Oc3ncn4nc(CO/N=C\c5ccccc5)nc4c32)cc1. The molecule has 0 N–H and O–H groups in total. The van der Waals surface area contributed by atoms with Gasteiger partial charge in [0, 0.05) is 11.5 Å². The first kappa shape index (κ1) is 22.9. The zero-order chi connectivity index (χ0) is 26.2. The summed E-state index contributed by atoms with van der Waals surface area (Å²) in [6.07, 6.45) is 3.28. The highest BCUT2D eigenvalue weighted by atomic mass is 16.6. The smallest absolute Gasteiger partial charge is 0.228 e. The molecule has 3 heterocycles. The summed E-state index contributed by atoms with van der Waals surface area (Å²) in [6, 6.07) is 30.3. The van der Waals surface area contributed by atoms with Crippen molar-refractivity contribution in [1.82, 2.24) is 19.6 Å². The summed E-state index contributed by atoms with van der Waals surface area (Å²) in [4.78, 5) is 15.0. The Kier molecular flexibility index (Phi) is 5.62. The minimum Gasteiger partial charge on any atom is -0.497 e. The van der Waals surface area contributed by atoms with E-state index in [-0.39, 0.29) is 12.5 Å². The standard InChI is InChI=1S/C31H23N5O3/c1-37-23-14-11-22(12-15-23)27-28-24-10-6-5-9-21(24)13-16-25(28)39-31-29(27)30-34-26(35-36(30)19-32-31)18-38-33-17-20-7-3-2-4-8-20/h2-17,19,27H,18H2,1H3/b33-17-/t27-/m1/s1. The second kappa shape index (κ2) is 9.57. The molecule has 8 heteroatoms. The first-order valence-corrected chi connectivity index (χ1v) is 12.6. The summed E-state index contributed by atoms with van der Waals surface area (Å²) in [5.74, 6) is 2.38. The zero-order valence-electron chi connectivity index (χ0n) is 21.1. The van der Waals surface area contributed by atoms with E-state index in [2.05, 4.69) is 45.6 Å². The first-order valence-electron chi connectivity index (χ1n) is 12.6. The number of benzene rings is 4. The second-order valence-electron chi connectivity index (χ2n) is 9.18. The van der Waals surface area contributed by atoms with Gasteiger partial charge in [0.05, 0.1) is 18.9 Å². The fourth-order valence-corrected chi connectivity index (χ4v) is 5.07. The molecular weight excluding hydrogens is 490 g/mol. The van der Waals surface area contributed by atoms with Crippen molar-refractivity contribution in [2.24, 2.45) is 5.16 Å². The molecule has 4 aromatic carbocycles. The van der Waals surface area contributed by atoms with E-state index in [0.29, 0.717) is 17.4 Å². The third-order valence-corrected chi connectivity index (χ3v) is 6.86. The van der Waals surface area contributed by atoms with Crippen LogP contribution in [0.2, 0.25) is 0 Å². The molecule has 0 bridgehead atoms. The highest BCUT2D eigenvalue weighted by molar-refractivity contribution is 5.90. The molecule has 2 aromatic heterocycles. The maximum atomic E-state index is 6.38. The van der Waals surface area contributed by atoms with Crippen molar-refractivity contribution in [2.45, 2.75) is 12.5 Å². The zero-order valence-corrected chi connectivity index (χ0v) is 21.1. The first-order chi connectivity index (χ1) is 19.3. The molecule has 0 aliphatic carbocycles. The summed E-state index contributed by atoms with van der Waals surface area (Å²) in [5, 5.41) is 10.9. The van der Waals surface area contributed by atoms with Gasteiger partial charge in [-0.1, -0.05) is 78.0 Å². The van der Waals surface area contributed by atoms with Crippen molar-refractivity contribution in [1.29, 1.82) is 0 Å². The normalized spacial score (nSPS) is 14.2. The van der Waals surface area contributed by atoms with Crippen molar-refractivity contribution in [3.63, 3.8) is 0 Å². The number of methoxy groups -OCH3 is 1. The van der Waals surface area contributed by atoms with Gasteiger partial charge in [-0.15, -0.1) is 5.10 Å². The van der Waals surface area contributed by atoms with Crippen LogP contribution >= 0.6 is 0 Å². The van der Waals surface area contributed by atoms with Crippen molar-refractivity contribution in [2.75, 3.05) is 7.11 Å². The van der Waals surface area contributed by atoms with Crippen LogP contribution in [-0.2, 0) is 11.4 Å². The number of aromatic nitrogens is 4. The Labute approximate surface area is 224 Å². The van der Waals surface area contributed by atoms with E-state index in [1.54, 1.807) is 24.2 Å². The molecule has 0 amide bonds. The fourth-order valence-electron chi connectivity index (χ4n) is 5.07. The molecule has 1 aliphatic rings. The van der Waals surface area contributed by atoms with E-state index >= 15 is 0 Å². The number of ether oxygens (including phenoxy) is 2. The van der Waals surface area contributed by atoms with E-state index < -0.39 is 0 Å². The molecule has 190 valence electrons. The topological polar surface area (TPSA) is 83.1 Å². The van der Waals surface area contributed by atoms with Crippen LogP contribution in [0.25, 0.3) is 16.4 Å². The molecule has 0 saturated carbocycles. The molecule has 6 aromatic rings. The van der Waals surface area contributed by atoms with Crippen LogP contribution in [0.4, 0.5) is 0 Å². The Hall–Kier alpha value is -5.24. The number of oxime groups is 1. The minimum atomic E-state index is -0.189. The van der Waals surface area contributed by atoms with Gasteiger partial charge in [0.2, 0.25) is 5.88 Å². The van der Waals surface area contributed by atoms with Gasteiger partial charge >= 0.3 is 0 Å². The molecule has 1 aliphatic heterocycles. The molecule has 0 spiro atoms. The lowest BCUT2D eigenvalue weighted by Gasteiger charge is -2.29. The maximum absolute atomic E-state index is 6.38. The van der Waals surface area contributed by atoms with Crippen LogP contribution in [0.3, 0.4) is 0 Å². The van der Waals surface area contributed by atoms with Crippen LogP contribution in [0.15, 0.2) is 102 Å². The molecule has 0 radical (unpaired) electrons. The van der Waals surface area contributed by atoms with Gasteiger partial charge in [0.1, 0.15) is 17.8 Å². The lowest BCUT2D eigenvalue weighted by Crippen LogP contribution is -2.15. The van der Waals surface area contributed by atoms with Crippen LogP contribution < -0.4 is 9.47 Å². The van der Waals surface area contributed by atoms with Crippen LogP contribution in [0.1, 0.15) is 34.0 Å². The quantitative estimate of drug-likeness (QED) is 0.197. The van der Waals surface area contributed by atoms with Gasteiger partial charge in [0.15, 0.2) is 18.1 Å². The lowest BCUT2D eigenvalue weighted by molar-refractivity contribution is 0.126. The highest BCUT2D eigenvalue weighted by Gasteiger charge is 2.34. The largest absolute Gasteiger partial charge is 0.497 e. The van der Waals surface area contributed by atoms with Crippen LogP contribution in [-0.4, -0.2) is 32.9 Å². The predicted octanol–water partition coefficient (Wildman–Crippen LogP) is 6.12. The fraction of sp³-hybridized carbons (Fsp3) is 0.0968. The van der Waals surface area contributed by atoms with Crippen LogP contribution in [0.5, 0.6) is 17.4 Å². The third kappa shape index (κ3) is 4.12. The molecule has 0 saturated heterocycles. The van der Waals surface area contributed by atoms with Gasteiger partial charge in [-0.05, 0) is 40.1 Å². The van der Waals surface area contributed by atoms with E-state index in [4.69, 9.17) is 19.3 Å². The number of hydrogen-bond donors (Lipinski definition) is 0. The predicted molar refractivity (Wildman–Crippen MR) is 148 cm³/mol. The molecule has 7 rings (SSSR count). The third-order valence-electron chi connectivity index (χ3n) is 6.86. The van der Waals surface area contributed by atoms with E-state index in [9.17, 15) is 0 Å². The number of hydrogen-bond acceptors (Lipinski definition) is 7. The Bertz CT molecular complexity index is 1830. The number of nitrogens with zero attached hydrogens (tertiary/aromatic N) is 5. The average molecular weight is 514 g/mol. The maximum Gasteiger partial charge on any atom is 0.228 e. The molecule has 0 unspecified atom stereocenters. The number of fused-ring (bicyclic) bond motifs is 6. The second-order valence-corrected chi connectivity index (χ2v) is 9.18. The molecule has 8 nitrogen and oxygen atoms in total. The Morgan fingerprint density at radius 1 is 0.923 bits per heavy atom. The molecule has 0 fully saturated rings. The van der Waals surface area contributed by atoms with Crippen molar-refractivity contribution >= 4 is 22.6 Å². The average Bonchev–Trinajstić information content (AvgIpc) is 3.42. The lowest BCUT2D eigenvalue weighted by atomic mass is 9.81. The van der Waals surface area contributed by atoms with Gasteiger partial charge in [-0.3, -0.25) is 0 Å². The van der Waals surface area contributed by atoms with E-state index in [0.717, 1.165) is 44.5 Å². The summed E-state index contributed by atoms with van der Waals surface area (Å²) in [7, 11) is 1.67. The highest BCUT2D eigenvalue weighted by Crippen LogP contribution is 2.50. The molecular formula is C31H23N5O3. The van der Waals surface area contributed by atoms with Gasteiger partial charge in [0.25, 0.3) is 0 Å². The van der Waals surface area contributed by atoms with Crippen molar-refractivity contribution in [3.05, 3.63) is 125 Å². The molecule has 1 atom stereocenters. The van der Waals surface area contributed by atoms with Crippen LogP contribution in [0, 0.1) is 0 Å².